The third-order valence-corrected chi connectivity index (χ3v) is 1.54. The number of nitrogens with two attached hydrogens (primary N) is 1. The summed E-state index contributed by atoms with van der Waals surface area (Å²) >= 11 is 0. The van der Waals surface area contributed by atoms with Gasteiger partial charge < -0.3 is 15.9 Å². The first kappa shape index (κ1) is 21.6. The van der Waals surface area contributed by atoms with E-state index >= 15 is 0 Å². The van der Waals surface area contributed by atoms with E-state index in [4.69, 9.17) is 15.9 Å². The molecule has 0 saturated carbocycles. The van der Waals surface area contributed by atoms with E-state index < -0.39 is 12.0 Å². The van der Waals surface area contributed by atoms with Crippen LogP contribution in [0.5, 0.6) is 0 Å². The predicted octanol–water partition coefficient (Wildman–Crippen LogP) is 1.07. The van der Waals surface area contributed by atoms with Crippen molar-refractivity contribution in [2.45, 2.75) is 26.3 Å². The van der Waals surface area contributed by atoms with E-state index in [-0.39, 0.29) is 21.1 Å². The van der Waals surface area contributed by atoms with Crippen LogP contribution in [0.3, 0.4) is 0 Å². The topological polar surface area (TPSA) is 83.5 Å². The summed E-state index contributed by atoms with van der Waals surface area (Å²) < 4.78 is 0. The molecule has 0 aliphatic rings. The van der Waals surface area contributed by atoms with E-state index in [2.05, 4.69) is 6.07 Å². The van der Waals surface area contributed by atoms with Crippen LogP contribution in [0.15, 0.2) is 24.3 Å². The summed E-state index contributed by atoms with van der Waals surface area (Å²) in [5, 5.41) is 15.5. The molecule has 1 rings (SSSR count). The second kappa shape index (κ2) is 15.3. The van der Waals surface area contributed by atoms with Gasteiger partial charge >= 0.3 is 5.97 Å². The summed E-state index contributed by atoms with van der Waals surface area (Å²) in [5.74, 6) is -0.973. The van der Waals surface area contributed by atoms with Crippen LogP contribution in [-0.4, -0.2) is 29.3 Å². The van der Waals surface area contributed by atoms with Gasteiger partial charge in [0.05, 0.1) is 6.04 Å². The minimum absolute atomic E-state index is 0. The minimum Gasteiger partial charge on any atom is -0.480 e. The number of aliphatic hydroxyl groups is 1. The van der Waals surface area contributed by atoms with Gasteiger partial charge in [-0.05, 0) is 6.42 Å². The van der Waals surface area contributed by atoms with Crippen molar-refractivity contribution >= 4 is 5.97 Å². The fraction of sp³-hybridized carbons (Fsp3) is 0.417. The standard InChI is InChI=1S/C9H10NO2.C2H6.CH4O.W/c10-8(9(11)12)6-7-4-2-1-3-5-7;2*1-2;/h1-2,4-5,8H,6,10H2,(H,11,12);1-2H3;2H,1H3;/q-1;;;. The molecule has 1 unspecified atom stereocenters. The average molecular weight is 410 g/mol. The molecular formula is C12H20NO3W-. The SMILES string of the molecule is CC.CO.NC(Cc1c[c-]ccc1)C(=O)O.[W]. The molecule has 17 heavy (non-hydrogen) atoms. The monoisotopic (exact) mass is 410 g/mol. The zero-order valence-corrected chi connectivity index (χ0v) is 13.3. The van der Waals surface area contributed by atoms with E-state index in [0.717, 1.165) is 12.7 Å². The van der Waals surface area contributed by atoms with Crippen molar-refractivity contribution in [3.63, 3.8) is 0 Å². The molecule has 0 heterocycles. The van der Waals surface area contributed by atoms with E-state index in [1.54, 1.807) is 12.1 Å². The van der Waals surface area contributed by atoms with Gasteiger partial charge in [0.15, 0.2) is 0 Å². The van der Waals surface area contributed by atoms with Gasteiger partial charge in [-0.3, -0.25) is 4.79 Å². The molecule has 98 valence electrons. The van der Waals surface area contributed by atoms with Gasteiger partial charge in [0, 0.05) is 28.2 Å². The average Bonchev–Trinajstić information content (AvgIpc) is 2.35. The number of aliphatic hydroxyl groups excluding tert-OH is 1. The molecule has 0 spiro atoms. The van der Waals surface area contributed by atoms with Crippen LogP contribution in [0.4, 0.5) is 0 Å². The van der Waals surface area contributed by atoms with Crippen LogP contribution in [-0.2, 0) is 32.3 Å². The number of carboxylic acids is 1. The molecule has 0 bridgehead atoms. The first-order valence-corrected chi connectivity index (χ1v) is 5.08. The zero-order valence-electron chi connectivity index (χ0n) is 10.4. The fourth-order valence-electron chi connectivity index (χ4n) is 0.899. The molecule has 4 nitrogen and oxygen atoms in total. The Balaban J connectivity index is -0.000000355. The van der Waals surface area contributed by atoms with E-state index in [0.29, 0.717) is 6.42 Å². The number of hydrogen-bond donors (Lipinski definition) is 3. The molecule has 5 heteroatoms. The Bertz CT molecular complexity index is 268. The van der Waals surface area contributed by atoms with Gasteiger partial charge in [-0.2, -0.15) is 35.9 Å². The second-order valence-electron chi connectivity index (χ2n) is 2.56. The molecule has 1 aromatic rings. The molecule has 0 saturated heterocycles. The molecule has 1 aromatic carbocycles. The molecule has 0 radical (unpaired) electrons. The van der Waals surface area contributed by atoms with Gasteiger partial charge in [0.25, 0.3) is 0 Å². The van der Waals surface area contributed by atoms with Crippen molar-refractivity contribution in [3.05, 3.63) is 35.9 Å². The van der Waals surface area contributed by atoms with Crippen LogP contribution in [0.2, 0.25) is 0 Å². The van der Waals surface area contributed by atoms with Crippen LogP contribution in [0.1, 0.15) is 19.4 Å². The van der Waals surface area contributed by atoms with Crippen LogP contribution in [0, 0.1) is 6.07 Å². The molecule has 0 fully saturated rings. The van der Waals surface area contributed by atoms with Crippen LogP contribution in [0.25, 0.3) is 0 Å². The second-order valence-corrected chi connectivity index (χ2v) is 2.56. The quantitative estimate of drug-likeness (QED) is 0.652. The van der Waals surface area contributed by atoms with Gasteiger partial charge in [-0.1, -0.05) is 13.8 Å². The molecule has 0 aromatic heterocycles. The first-order valence-electron chi connectivity index (χ1n) is 5.08. The Hall–Kier alpha value is -0.702. The molecule has 0 aliphatic heterocycles. The smallest absolute Gasteiger partial charge is 0.319 e. The molecular weight excluding hydrogens is 390 g/mol. The summed E-state index contributed by atoms with van der Waals surface area (Å²) in [6, 6.07) is 9.18. The van der Waals surface area contributed by atoms with Crippen LogP contribution >= 0.6 is 0 Å². The van der Waals surface area contributed by atoms with E-state index in [9.17, 15) is 4.79 Å². The van der Waals surface area contributed by atoms with Crippen molar-refractivity contribution in [2.24, 2.45) is 5.73 Å². The number of rotatable bonds is 3. The predicted molar refractivity (Wildman–Crippen MR) is 64.1 cm³/mol. The zero-order chi connectivity index (χ0) is 13.0. The Kier molecular flexibility index (Phi) is 19.4. The van der Waals surface area contributed by atoms with Crippen molar-refractivity contribution in [1.82, 2.24) is 0 Å². The third-order valence-electron chi connectivity index (χ3n) is 1.54. The minimum atomic E-state index is -0.973. The summed E-state index contributed by atoms with van der Waals surface area (Å²) in [6.07, 6.45) is 0.354. The Morgan fingerprint density at radius 1 is 1.47 bits per heavy atom. The molecule has 0 amide bonds. The summed E-state index contributed by atoms with van der Waals surface area (Å²) in [7, 11) is 1.00. The Morgan fingerprint density at radius 2 is 2.00 bits per heavy atom. The van der Waals surface area contributed by atoms with Gasteiger partial charge in [-0.15, -0.1) is 0 Å². The van der Waals surface area contributed by atoms with Gasteiger partial charge in [0.2, 0.25) is 0 Å². The number of carboxylic acid groups (broad SMARTS) is 1. The van der Waals surface area contributed by atoms with Crippen molar-refractivity contribution < 1.29 is 36.1 Å². The maximum atomic E-state index is 10.4. The van der Waals surface area contributed by atoms with E-state index in [1.807, 2.05) is 26.0 Å². The Labute approximate surface area is 117 Å². The molecule has 1 atom stereocenters. The third kappa shape index (κ3) is 11.6. The van der Waals surface area contributed by atoms with Gasteiger partial charge in [0.1, 0.15) is 0 Å². The maximum absolute atomic E-state index is 10.4. The van der Waals surface area contributed by atoms with Crippen molar-refractivity contribution in [3.8, 4) is 0 Å². The largest absolute Gasteiger partial charge is 0.480 e. The molecule has 0 aliphatic carbocycles. The van der Waals surface area contributed by atoms with Crippen LogP contribution < -0.4 is 5.73 Å². The summed E-state index contributed by atoms with van der Waals surface area (Å²) in [4.78, 5) is 10.4. The van der Waals surface area contributed by atoms with Crippen molar-refractivity contribution in [1.29, 1.82) is 0 Å². The molecule has 4 N–H and O–H groups in total. The normalized spacial score (nSPS) is 9.47. The maximum Gasteiger partial charge on any atom is 0.319 e. The number of hydrogen-bond acceptors (Lipinski definition) is 3. The number of carbonyl (C=O) groups is 1. The summed E-state index contributed by atoms with van der Waals surface area (Å²) in [6.45, 7) is 4.00. The van der Waals surface area contributed by atoms with Crippen molar-refractivity contribution in [2.75, 3.05) is 7.11 Å². The Morgan fingerprint density at radius 3 is 2.35 bits per heavy atom. The number of benzene rings is 1. The summed E-state index contributed by atoms with van der Waals surface area (Å²) in [5.41, 5.74) is 6.23. The first-order chi connectivity index (χ1) is 7.70. The van der Waals surface area contributed by atoms with Gasteiger partial charge in [-0.25, -0.2) is 0 Å². The van der Waals surface area contributed by atoms with E-state index in [1.165, 1.54) is 0 Å². The fourth-order valence-corrected chi connectivity index (χ4v) is 0.899. The number of aliphatic carboxylic acids is 1.